The lowest BCUT2D eigenvalue weighted by Crippen LogP contribution is -2.06. The zero-order chi connectivity index (χ0) is 25.2. The van der Waals surface area contributed by atoms with Crippen LogP contribution in [0.25, 0.3) is 22.6 Å². The molecule has 0 aliphatic rings. The van der Waals surface area contributed by atoms with Crippen molar-refractivity contribution in [3.05, 3.63) is 83.8 Å². The molecule has 5 nitrogen and oxygen atoms in total. The van der Waals surface area contributed by atoms with Crippen LogP contribution in [0.3, 0.4) is 0 Å². The summed E-state index contributed by atoms with van der Waals surface area (Å²) in [5, 5.41) is 0. The van der Waals surface area contributed by atoms with Gasteiger partial charge < -0.3 is 14.5 Å². The van der Waals surface area contributed by atoms with Crippen LogP contribution in [0.1, 0.15) is 16.8 Å². The Hall–Kier alpha value is -4.02. The van der Waals surface area contributed by atoms with E-state index in [1.807, 2.05) is 0 Å². The van der Waals surface area contributed by atoms with Gasteiger partial charge in [-0.25, -0.2) is 4.98 Å². The lowest BCUT2D eigenvalue weighted by molar-refractivity contribution is -0.138. The molecule has 0 saturated carbocycles. The Balaban J connectivity index is 1.48. The first-order valence-corrected chi connectivity index (χ1v) is 10.1. The molecule has 0 aliphatic heterocycles. The maximum absolute atomic E-state index is 12.8. The van der Waals surface area contributed by atoms with Gasteiger partial charge in [0.25, 0.3) is 0 Å². The molecule has 4 rings (SSSR count). The summed E-state index contributed by atoms with van der Waals surface area (Å²) in [4.78, 5) is 11.1. The molecule has 0 fully saturated rings. The number of pyridine rings is 1. The monoisotopic (exact) mass is 493 g/mol. The maximum atomic E-state index is 12.8. The fourth-order valence-corrected chi connectivity index (χ4v) is 3.24. The number of nitrogens with one attached hydrogen (secondary N) is 1. The first kappa shape index (κ1) is 24.1. The van der Waals surface area contributed by atoms with Gasteiger partial charge in [-0.3, -0.25) is 4.98 Å². The molecule has 0 aliphatic carbocycles. The minimum Gasteiger partial charge on any atom is -0.496 e. The number of rotatable bonds is 6. The normalized spacial score (nSPS) is 12.0. The van der Waals surface area contributed by atoms with Crippen molar-refractivity contribution in [3.8, 4) is 34.1 Å². The Kier molecular flexibility index (Phi) is 6.42. The van der Waals surface area contributed by atoms with Crippen molar-refractivity contribution in [1.82, 2.24) is 15.0 Å². The van der Waals surface area contributed by atoms with Gasteiger partial charge in [0, 0.05) is 23.4 Å². The van der Waals surface area contributed by atoms with Crippen molar-refractivity contribution < 1.29 is 35.8 Å². The summed E-state index contributed by atoms with van der Waals surface area (Å²) in [6.45, 7) is -0.0528. The maximum Gasteiger partial charge on any atom is 0.417 e. The van der Waals surface area contributed by atoms with Gasteiger partial charge in [-0.15, -0.1) is 0 Å². The third kappa shape index (κ3) is 5.56. The van der Waals surface area contributed by atoms with E-state index >= 15 is 0 Å². The molecule has 0 amide bonds. The second-order valence-electron chi connectivity index (χ2n) is 7.41. The Morgan fingerprint density at radius 1 is 0.800 bits per heavy atom. The number of imidazole rings is 1. The summed E-state index contributed by atoms with van der Waals surface area (Å²) < 4.78 is 87.4. The molecule has 0 saturated heterocycles. The first-order chi connectivity index (χ1) is 16.5. The van der Waals surface area contributed by atoms with Crippen molar-refractivity contribution in [2.24, 2.45) is 0 Å². The predicted octanol–water partition coefficient (Wildman–Crippen LogP) is 6.76. The van der Waals surface area contributed by atoms with Crippen molar-refractivity contribution >= 4 is 0 Å². The van der Waals surface area contributed by atoms with E-state index in [0.29, 0.717) is 39.8 Å². The zero-order valence-corrected chi connectivity index (χ0v) is 18.0. The van der Waals surface area contributed by atoms with E-state index in [0.717, 1.165) is 24.4 Å². The summed E-state index contributed by atoms with van der Waals surface area (Å²) in [6, 6.07) is 11.7. The van der Waals surface area contributed by atoms with Crippen LogP contribution >= 0.6 is 0 Å². The Morgan fingerprint density at radius 3 is 2.09 bits per heavy atom. The summed E-state index contributed by atoms with van der Waals surface area (Å²) in [5.74, 6) is 1.20. The number of aromatic amines is 1. The molecule has 2 aromatic heterocycles. The van der Waals surface area contributed by atoms with Gasteiger partial charge in [-0.2, -0.15) is 26.3 Å². The van der Waals surface area contributed by atoms with E-state index in [1.54, 1.807) is 18.2 Å². The molecular weight excluding hydrogens is 476 g/mol. The minimum atomic E-state index is -4.46. The van der Waals surface area contributed by atoms with E-state index in [9.17, 15) is 26.3 Å². The fourth-order valence-electron chi connectivity index (χ4n) is 3.24. The van der Waals surface area contributed by atoms with Gasteiger partial charge in [0.2, 0.25) is 0 Å². The van der Waals surface area contributed by atoms with Gasteiger partial charge in [0.1, 0.15) is 23.9 Å². The molecule has 182 valence electrons. The number of hydrogen-bond donors (Lipinski definition) is 1. The van der Waals surface area contributed by atoms with E-state index < -0.39 is 23.5 Å². The van der Waals surface area contributed by atoms with Crippen LogP contribution in [0.4, 0.5) is 26.3 Å². The van der Waals surface area contributed by atoms with Gasteiger partial charge in [-0.1, -0.05) is 12.1 Å². The first-order valence-electron chi connectivity index (χ1n) is 10.1. The molecule has 2 heterocycles. The van der Waals surface area contributed by atoms with Crippen LogP contribution in [-0.4, -0.2) is 22.1 Å². The van der Waals surface area contributed by atoms with Gasteiger partial charge >= 0.3 is 12.4 Å². The Morgan fingerprint density at radius 2 is 1.49 bits per heavy atom. The van der Waals surface area contributed by atoms with E-state index in [4.69, 9.17) is 9.47 Å². The van der Waals surface area contributed by atoms with Crippen molar-refractivity contribution in [2.45, 2.75) is 19.0 Å². The van der Waals surface area contributed by atoms with Crippen LogP contribution in [-0.2, 0) is 19.0 Å². The molecule has 35 heavy (non-hydrogen) atoms. The number of benzene rings is 2. The van der Waals surface area contributed by atoms with Gasteiger partial charge in [0.15, 0.2) is 0 Å². The quantitative estimate of drug-likeness (QED) is 0.302. The molecule has 4 aromatic rings. The van der Waals surface area contributed by atoms with E-state index in [-0.39, 0.29) is 6.61 Å². The molecule has 0 bridgehead atoms. The number of H-pyrrole nitrogens is 1. The molecule has 0 spiro atoms. The minimum absolute atomic E-state index is 0.0528. The van der Waals surface area contributed by atoms with Crippen LogP contribution < -0.4 is 9.47 Å². The second-order valence-corrected chi connectivity index (χ2v) is 7.41. The second kappa shape index (κ2) is 9.32. The third-order valence-electron chi connectivity index (χ3n) is 5.06. The van der Waals surface area contributed by atoms with Crippen LogP contribution in [0.15, 0.2) is 67.0 Å². The highest BCUT2D eigenvalue weighted by Crippen LogP contribution is 2.35. The van der Waals surface area contributed by atoms with Crippen molar-refractivity contribution in [3.63, 3.8) is 0 Å². The lowest BCUT2D eigenvalue weighted by Gasteiger charge is -2.11. The third-order valence-corrected chi connectivity index (χ3v) is 5.06. The number of nitrogens with zero attached hydrogens (tertiary/aromatic N) is 2. The highest BCUT2D eigenvalue weighted by atomic mass is 19.4. The summed E-state index contributed by atoms with van der Waals surface area (Å²) in [6.07, 6.45) is -6.62. The highest BCUT2D eigenvalue weighted by molar-refractivity contribution is 5.71. The topological polar surface area (TPSA) is 60.0 Å². The van der Waals surface area contributed by atoms with Gasteiger partial charge in [0.05, 0.1) is 35.8 Å². The SMILES string of the molecule is COc1cc(OCc2ccc(C(F)(F)F)cn2)ccc1-c1cnc(-c2ccc(C(F)(F)F)cc2)[nH]1. The molecule has 0 radical (unpaired) electrons. The standard InChI is InChI=1S/C24H17F6N3O2/c1-34-21-10-18(35-13-17-7-6-16(11-31-17)24(28,29)30)8-9-19(21)20-12-32-22(33-20)14-2-4-15(5-3-14)23(25,26)27/h2-12H,13H2,1H3,(H,32,33). The Bertz CT molecular complexity index is 1300. The molecule has 0 unspecified atom stereocenters. The molecule has 1 N–H and O–H groups in total. The van der Waals surface area contributed by atoms with Crippen LogP contribution in [0, 0.1) is 0 Å². The number of methoxy groups -OCH3 is 1. The summed E-state index contributed by atoms with van der Waals surface area (Å²) in [7, 11) is 1.45. The Labute approximate surface area is 195 Å². The lowest BCUT2D eigenvalue weighted by atomic mass is 10.1. The number of halogens is 6. The highest BCUT2D eigenvalue weighted by Gasteiger charge is 2.31. The van der Waals surface area contributed by atoms with Crippen LogP contribution in [0.5, 0.6) is 11.5 Å². The number of ether oxygens (including phenoxy) is 2. The number of alkyl halides is 6. The molecule has 0 atom stereocenters. The fraction of sp³-hybridized carbons (Fsp3) is 0.167. The van der Waals surface area contributed by atoms with E-state index in [2.05, 4.69) is 15.0 Å². The predicted molar refractivity (Wildman–Crippen MR) is 115 cm³/mol. The molecular formula is C24H17F6N3O2. The zero-order valence-electron chi connectivity index (χ0n) is 18.0. The van der Waals surface area contributed by atoms with Crippen molar-refractivity contribution in [1.29, 1.82) is 0 Å². The van der Waals surface area contributed by atoms with E-state index in [1.165, 1.54) is 31.5 Å². The van der Waals surface area contributed by atoms with Gasteiger partial charge in [-0.05, 0) is 36.4 Å². The molecule has 2 aromatic carbocycles. The average molecular weight is 493 g/mol. The largest absolute Gasteiger partial charge is 0.496 e. The summed E-state index contributed by atoms with van der Waals surface area (Å²) in [5.41, 5.74) is 0.383. The summed E-state index contributed by atoms with van der Waals surface area (Å²) >= 11 is 0. The number of hydrogen-bond acceptors (Lipinski definition) is 4. The smallest absolute Gasteiger partial charge is 0.417 e. The molecule has 11 heteroatoms. The average Bonchev–Trinajstić information content (AvgIpc) is 3.32. The number of aromatic nitrogens is 3. The van der Waals surface area contributed by atoms with Crippen LogP contribution in [0.2, 0.25) is 0 Å². The van der Waals surface area contributed by atoms with Crippen molar-refractivity contribution in [2.75, 3.05) is 7.11 Å².